The molecule has 0 aliphatic rings. The average Bonchev–Trinajstić information content (AvgIpc) is 2.48. The lowest BCUT2D eigenvalue weighted by Crippen LogP contribution is -2.19. The fourth-order valence-electron chi connectivity index (χ4n) is 1.98. The van der Waals surface area contributed by atoms with Crippen LogP contribution in [0.2, 0.25) is 0 Å². The molecule has 136 valence electrons. The Hall–Kier alpha value is -2.49. The van der Waals surface area contributed by atoms with Crippen LogP contribution in [0.1, 0.15) is 27.2 Å². The molecule has 0 fully saturated rings. The Kier molecular flexibility index (Phi) is 5.73. The van der Waals surface area contributed by atoms with Gasteiger partial charge in [0.25, 0.3) is 0 Å². The van der Waals surface area contributed by atoms with Crippen LogP contribution >= 0.6 is 0 Å². The smallest absolute Gasteiger partial charge is 0.322 e. The number of rotatable bonds is 7. The van der Waals surface area contributed by atoms with E-state index in [9.17, 15) is 13.2 Å². The van der Waals surface area contributed by atoms with Crippen molar-refractivity contribution in [1.82, 2.24) is 19.5 Å². The molecule has 0 bridgehead atoms. The summed E-state index contributed by atoms with van der Waals surface area (Å²) in [4.78, 5) is 23.9. The summed E-state index contributed by atoms with van der Waals surface area (Å²) >= 11 is 0. The third-order valence-electron chi connectivity index (χ3n) is 3.02. The fraction of sp³-hybridized carbons (Fsp3) is 0.467. The zero-order valence-electron chi connectivity index (χ0n) is 14.6. The first-order valence-electron chi connectivity index (χ1n) is 7.80. The van der Waals surface area contributed by atoms with Crippen LogP contribution in [0.3, 0.4) is 0 Å². The summed E-state index contributed by atoms with van der Waals surface area (Å²) in [6, 6.07) is 2.94. The molecular weight excluding hydrogens is 346 g/mol. The highest BCUT2D eigenvalue weighted by molar-refractivity contribution is 7.92. The Morgan fingerprint density at radius 2 is 1.96 bits per heavy atom. The Bertz CT molecular complexity index is 908. The molecule has 2 aromatic rings. The van der Waals surface area contributed by atoms with Crippen molar-refractivity contribution < 1.29 is 13.2 Å². The van der Waals surface area contributed by atoms with Gasteiger partial charge < -0.3 is 9.30 Å². The Labute approximate surface area is 146 Å². The first kappa shape index (κ1) is 18.8. The lowest BCUT2D eigenvalue weighted by Gasteiger charge is -2.12. The van der Waals surface area contributed by atoms with Gasteiger partial charge in [0, 0.05) is 24.9 Å². The molecule has 0 saturated heterocycles. The molecule has 9 nitrogen and oxygen atoms in total. The van der Waals surface area contributed by atoms with Crippen molar-refractivity contribution in [3.63, 3.8) is 0 Å². The zero-order valence-corrected chi connectivity index (χ0v) is 15.4. The molecule has 1 N–H and O–H groups in total. The number of pyridine rings is 1. The molecule has 10 heteroatoms. The second-order valence-corrected chi connectivity index (χ2v) is 7.56. The quantitative estimate of drug-likeness (QED) is 0.781. The SMILES string of the molecule is CCCS(=O)(=O)Nc1nc(OC(C)C)nc(-c2ccc(=O)n(C)c2)n1. The van der Waals surface area contributed by atoms with E-state index < -0.39 is 10.0 Å². The molecule has 0 unspecified atom stereocenters. The molecule has 25 heavy (non-hydrogen) atoms. The van der Waals surface area contributed by atoms with Crippen molar-refractivity contribution in [3.05, 3.63) is 28.7 Å². The Morgan fingerprint density at radius 1 is 1.24 bits per heavy atom. The van der Waals surface area contributed by atoms with Crippen molar-refractivity contribution >= 4 is 16.0 Å². The van der Waals surface area contributed by atoms with E-state index in [1.807, 2.05) is 0 Å². The minimum absolute atomic E-state index is 0.00283. The van der Waals surface area contributed by atoms with E-state index in [2.05, 4.69) is 19.7 Å². The first-order valence-corrected chi connectivity index (χ1v) is 9.45. The predicted molar refractivity (Wildman–Crippen MR) is 94.0 cm³/mol. The van der Waals surface area contributed by atoms with Crippen LogP contribution < -0.4 is 15.0 Å². The number of nitrogens with one attached hydrogen (secondary N) is 1. The van der Waals surface area contributed by atoms with Gasteiger partial charge in [-0.05, 0) is 26.3 Å². The van der Waals surface area contributed by atoms with Gasteiger partial charge in [-0.2, -0.15) is 15.0 Å². The van der Waals surface area contributed by atoms with Crippen molar-refractivity contribution in [3.8, 4) is 17.4 Å². The third kappa shape index (κ3) is 5.24. The van der Waals surface area contributed by atoms with Crippen molar-refractivity contribution in [1.29, 1.82) is 0 Å². The summed E-state index contributed by atoms with van der Waals surface area (Å²) < 4.78 is 33.2. The molecule has 0 spiro atoms. The van der Waals surface area contributed by atoms with Crippen LogP contribution in [0.4, 0.5) is 5.95 Å². The van der Waals surface area contributed by atoms with Gasteiger partial charge in [0.2, 0.25) is 21.5 Å². The highest BCUT2D eigenvalue weighted by Crippen LogP contribution is 2.19. The lowest BCUT2D eigenvalue weighted by atomic mass is 10.2. The van der Waals surface area contributed by atoms with Crippen LogP contribution in [0.25, 0.3) is 11.4 Å². The number of anilines is 1. The van der Waals surface area contributed by atoms with Gasteiger partial charge in [0.1, 0.15) is 0 Å². The maximum atomic E-state index is 12.0. The molecule has 0 amide bonds. The number of hydrogen-bond acceptors (Lipinski definition) is 7. The van der Waals surface area contributed by atoms with Crippen molar-refractivity contribution in [2.75, 3.05) is 10.5 Å². The van der Waals surface area contributed by atoms with Crippen LogP contribution in [0, 0.1) is 0 Å². The standard InChI is InChI=1S/C15H21N5O4S/c1-5-8-25(22,23)19-14-16-13(17-15(18-14)24-10(2)3)11-6-7-12(21)20(4)9-11/h6-7,9-10H,5,8H2,1-4H3,(H,16,17,18,19). The van der Waals surface area contributed by atoms with Gasteiger partial charge >= 0.3 is 6.01 Å². The van der Waals surface area contributed by atoms with Crippen molar-refractivity contribution in [2.24, 2.45) is 7.05 Å². The van der Waals surface area contributed by atoms with Crippen LogP contribution in [-0.2, 0) is 17.1 Å². The van der Waals surface area contributed by atoms with Gasteiger partial charge in [-0.1, -0.05) is 6.92 Å². The van der Waals surface area contributed by atoms with Gasteiger partial charge in [-0.3, -0.25) is 9.52 Å². The van der Waals surface area contributed by atoms with E-state index in [0.29, 0.717) is 12.0 Å². The molecule has 0 saturated carbocycles. The van der Waals surface area contributed by atoms with E-state index in [-0.39, 0.29) is 35.2 Å². The molecule has 2 rings (SSSR count). The summed E-state index contributed by atoms with van der Waals surface area (Å²) in [7, 11) is -1.96. The van der Waals surface area contributed by atoms with E-state index in [1.165, 1.54) is 10.6 Å². The van der Waals surface area contributed by atoms with E-state index >= 15 is 0 Å². The topological polar surface area (TPSA) is 116 Å². The molecule has 0 aliphatic heterocycles. The van der Waals surface area contributed by atoms with Crippen LogP contribution in [-0.4, -0.2) is 39.8 Å². The molecule has 0 aromatic carbocycles. The maximum Gasteiger partial charge on any atom is 0.322 e. The fourth-order valence-corrected chi connectivity index (χ4v) is 2.99. The molecular formula is C15H21N5O4S. The number of ether oxygens (including phenoxy) is 1. The van der Waals surface area contributed by atoms with E-state index in [4.69, 9.17) is 4.74 Å². The van der Waals surface area contributed by atoms with Crippen molar-refractivity contribution in [2.45, 2.75) is 33.3 Å². The minimum atomic E-state index is -3.56. The third-order valence-corrected chi connectivity index (χ3v) is 4.46. The predicted octanol–water partition coefficient (Wildman–Crippen LogP) is 1.18. The monoisotopic (exact) mass is 367 g/mol. The highest BCUT2D eigenvalue weighted by Gasteiger charge is 2.16. The van der Waals surface area contributed by atoms with E-state index in [1.54, 1.807) is 40.1 Å². The number of nitrogens with zero attached hydrogens (tertiary/aromatic N) is 4. The minimum Gasteiger partial charge on any atom is -0.461 e. The Balaban J connectivity index is 2.49. The first-order chi connectivity index (χ1) is 11.7. The average molecular weight is 367 g/mol. The summed E-state index contributed by atoms with van der Waals surface area (Å²) in [6.45, 7) is 5.36. The van der Waals surface area contributed by atoms with Gasteiger partial charge in [0.15, 0.2) is 5.82 Å². The molecule has 2 aromatic heterocycles. The normalized spacial score (nSPS) is 11.6. The molecule has 0 aliphatic carbocycles. The number of aryl methyl sites for hydroxylation is 1. The van der Waals surface area contributed by atoms with Gasteiger partial charge in [-0.15, -0.1) is 0 Å². The molecule has 0 atom stereocenters. The number of aromatic nitrogens is 4. The highest BCUT2D eigenvalue weighted by atomic mass is 32.2. The summed E-state index contributed by atoms with van der Waals surface area (Å²) in [5.74, 6) is 0.0345. The summed E-state index contributed by atoms with van der Waals surface area (Å²) in [5, 5.41) is 0. The summed E-state index contributed by atoms with van der Waals surface area (Å²) in [6.07, 6.45) is 1.82. The largest absolute Gasteiger partial charge is 0.461 e. The second kappa shape index (κ2) is 7.60. The maximum absolute atomic E-state index is 12.0. The zero-order chi connectivity index (χ0) is 18.6. The second-order valence-electron chi connectivity index (χ2n) is 5.72. The van der Waals surface area contributed by atoms with Gasteiger partial charge in [0.05, 0.1) is 11.9 Å². The van der Waals surface area contributed by atoms with Gasteiger partial charge in [-0.25, -0.2) is 8.42 Å². The summed E-state index contributed by atoms with van der Waals surface area (Å²) in [5.41, 5.74) is 0.356. The lowest BCUT2D eigenvalue weighted by molar-refractivity contribution is 0.222. The van der Waals surface area contributed by atoms with E-state index in [0.717, 1.165) is 0 Å². The molecule has 0 radical (unpaired) electrons. The number of hydrogen-bond donors (Lipinski definition) is 1. The Morgan fingerprint density at radius 3 is 2.56 bits per heavy atom. The van der Waals surface area contributed by atoms with Crippen LogP contribution in [0.15, 0.2) is 23.1 Å². The number of sulfonamides is 1. The van der Waals surface area contributed by atoms with Crippen LogP contribution in [0.5, 0.6) is 6.01 Å². The molecule has 2 heterocycles.